The van der Waals surface area contributed by atoms with E-state index in [1.54, 1.807) is 30.3 Å². The molecule has 1 aliphatic rings. The molecule has 7 nitrogen and oxygen atoms in total. The Morgan fingerprint density at radius 3 is 2.65 bits per heavy atom. The number of rotatable bonds is 5. The zero-order valence-corrected chi connectivity index (χ0v) is 15.8. The highest BCUT2D eigenvalue weighted by atomic mass is 32.2. The van der Waals surface area contributed by atoms with E-state index in [9.17, 15) is 10.1 Å². The molecule has 26 heavy (non-hydrogen) atoms. The molecule has 0 saturated carbocycles. The first-order valence-corrected chi connectivity index (χ1v) is 9.16. The highest BCUT2D eigenvalue weighted by Crippen LogP contribution is 2.33. The Morgan fingerprint density at radius 2 is 2.00 bits per heavy atom. The van der Waals surface area contributed by atoms with Crippen LogP contribution < -0.4 is 4.90 Å². The Hall–Kier alpha value is -2.16. The fourth-order valence-corrected chi connectivity index (χ4v) is 3.88. The van der Waals surface area contributed by atoms with E-state index in [1.807, 2.05) is 25.1 Å². The van der Waals surface area contributed by atoms with Crippen molar-refractivity contribution in [3.63, 3.8) is 0 Å². The van der Waals surface area contributed by atoms with E-state index in [0.717, 1.165) is 29.4 Å². The van der Waals surface area contributed by atoms with Gasteiger partial charge in [-0.05, 0) is 48.7 Å². The first-order valence-electron chi connectivity index (χ1n) is 8.38. The Balaban J connectivity index is 1.71. The summed E-state index contributed by atoms with van der Waals surface area (Å²) in [6.45, 7) is 3.59. The summed E-state index contributed by atoms with van der Waals surface area (Å²) in [5.41, 5.74) is 1.21. The van der Waals surface area contributed by atoms with Gasteiger partial charge in [0, 0.05) is 50.4 Å². The molecule has 1 aromatic heterocycles. The second-order valence-electron chi connectivity index (χ2n) is 6.47. The Labute approximate surface area is 157 Å². The van der Waals surface area contributed by atoms with Crippen LogP contribution in [0.3, 0.4) is 0 Å². The standard InChI is InChI=1S/C18H22N4O3S/c1-13-11-21(26-16-6-4-15(5-7-16)22(23)24)12-17(25-13)14-8-9-19-18(10-14)20(2)3/h4-10,13,17H,11-12H2,1-3H3. The van der Waals surface area contributed by atoms with Crippen molar-refractivity contribution in [3.8, 4) is 0 Å². The van der Waals surface area contributed by atoms with E-state index >= 15 is 0 Å². The van der Waals surface area contributed by atoms with Gasteiger partial charge in [-0.25, -0.2) is 9.29 Å². The molecule has 138 valence electrons. The van der Waals surface area contributed by atoms with Crippen molar-refractivity contribution in [2.24, 2.45) is 0 Å². The number of nitrogens with zero attached hydrogens (tertiary/aromatic N) is 4. The lowest BCUT2D eigenvalue weighted by Crippen LogP contribution is -2.39. The number of anilines is 1. The third-order valence-electron chi connectivity index (χ3n) is 4.11. The van der Waals surface area contributed by atoms with Crippen LogP contribution in [0.15, 0.2) is 47.5 Å². The topological polar surface area (TPSA) is 71.7 Å². The van der Waals surface area contributed by atoms with E-state index < -0.39 is 0 Å². The van der Waals surface area contributed by atoms with Crippen molar-refractivity contribution in [2.75, 3.05) is 32.1 Å². The maximum absolute atomic E-state index is 10.8. The van der Waals surface area contributed by atoms with Crippen molar-refractivity contribution in [1.82, 2.24) is 9.29 Å². The van der Waals surface area contributed by atoms with E-state index in [1.165, 1.54) is 12.1 Å². The minimum atomic E-state index is -0.382. The minimum Gasteiger partial charge on any atom is -0.368 e. The molecule has 0 bridgehead atoms. The highest BCUT2D eigenvalue weighted by molar-refractivity contribution is 7.97. The second-order valence-corrected chi connectivity index (χ2v) is 7.64. The van der Waals surface area contributed by atoms with Crippen LogP contribution >= 0.6 is 11.9 Å². The van der Waals surface area contributed by atoms with Crippen LogP contribution in [-0.4, -0.2) is 47.5 Å². The first kappa shape index (κ1) is 18.6. The van der Waals surface area contributed by atoms with Gasteiger partial charge < -0.3 is 9.64 Å². The third-order valence-corrected chi connectivity index (χ3v) is 5.15. The molecule has 1 aromatic carbocycles. The van der Waals surface area contributed by atoms with Crippen molar-refractivity contribution in [2.45, 2.75) is 24.0 Å². The zero-order valence-electron chi connectivity index (χ0n) is 15.0. The van der Waals surface area contributed by atoms with Gasteiger partial charge in [0.25, 0.3) is 5.69 Å². The zero-order chi connectivity index (χ0) is 18.7. The number of hydrogen-bond acceptors (Lipinski definition) is 7. The van der Waals surface area contributed by atoms with Crippen molar-refractivity contribution in [3.05, 3.63) is 58.3 Å². The van der Waals surface area contributed by atoms with Gasteiger partial charge in [0.15, 0.2) is 0 Å². The molecule has 2 atom stereocenters. The van der Waals surface area contributed by atoms with Gasteiger partial charge in [0.1, 0.15) is 5.82 Å². The van der Waals surface area contributed by atoms with Crippen molar-refractivity contribution >= 4 is 23.5 Å². The van der Waals surface area contributed by atoms with E-state index in [0.29, 0.717) is 0 Å². The van der Waals surface area contributed by atoms with Gasteiger partial charge in [0.05, 0.1) is 17.1 Å². The quantitative estimate of drug-likeness (QED) is 0.450. The van der Waals surface area contributed by atoms with Crippen LogP contribution in [0, 0.1) is 10.1 Å². The van der Waals surface area contributed by atoms with Gasteiger partial charge in [-0.1, -0.05) is 0 Å². The first-order chi connectivity index (χ1) is 12.4. The minimum absolute atomic E-state index is 0.0361. The Morgan fingerprint density at radius 1 is 1.27 bits per heavy atom. The summed E-state index contributed by atoms with van der Waals surface area (Å²) in [7, 11) is 3.93. The number of aromatic nitrogens is 1. The maximum atomic E-state index is 10.8. The molecule has 0 spiro atoms. The molecule has 2 heterocycles. The number of benzene rings is 1. The van der Waals surface area contributed by atoms with Gasteiger partial charge in [-0.2, -0.15) is 0 Å². The number of nitro benzene ring substituents is 1. The molecule has 8 heteroatoms. The highest BCUT2D eigenvalue weighted by Gasteiger charge is 2.27. The second kappa shape index (κ2) is 8.03. The van der Waals surface area contributed by atoms with Crippen LogP contribution in [0.4, 0.5) is 11.5 Å². The average Bonchev–Trinajstić information content (AvgIpc) is 2.62. The van der Waals surface area contributed by atoms with Crippen molar-refractivity contribution < 1.29 is 9.66 Å². The van der Waals surface area contributed by atoms with Gasteiger partial charge in [0.2, 0.25) is 0 Å². The number of pyridine rings is 1. The number of nitro groups is 1. The van der Waals surface area contributed by atoms with Crippen LogP contribution in [0.1, 0.15) is 18.6 Å². The van der Waals surface area contributed by atoms with Crippen LogP contribution in [0.25, 0.3) is 0 Å². The molecule has 1 saturated heterocycles. The summed E-state index contributed by atoms with van der Waals surface area (Å²) >= 11 is 1.60. The molecule has 0 radical (unpaired) electrons. The van der Waals surface area contributed by atoms with Gasteiger partial charge in [-0.15, -0.1) is 0 Å². The lowest BCUT2D eigenvalue weighted by Gasteiger charge is -2.36. The van der Waals surface area contributed by atoms with E-state index in [2.05, 4.69) is 22.3 Å². The molecular formula is C18H22N4O3S. The van der Waals surface area contributed by atoms with E-state index in [-0.39, 0.29) is 22.8 Å². The van der Waals surface area contributed by atoms with Gasteiger partial charge in [-0.3, -0.25) is 10.1 Å². The lowest BCUT2D eigenvalue weighted by molar-refractivity contribution is -0.384. The summed E-state index contributed by atoms with van der Waals surface area (Å²) in [5.74, 6) is 0.902. The number of hydrogen-bond donors (Lipinski definition) is 0. The molecule has 1 aliphatic heterocycles. The largest absolute Gasteiger partial charge is 0.368 e. The smallest absolute Gasteiger partial charge is 0.269 e. The molecule has 0 amide bonds. The molecule has 3 rings (SSSR count). The number of ether oxygens (including phenoxy) is 1. The normalized spacial score (nSPS) is 20.7. The third kappa shape index (κ3) is 4.51. The van der Waals surface area contributed by atoms with Crippen LogP contribution in [0.2, 0.25) is 0 Å². The predicted molar refractivity (Wildman–Crippen MR) is 102 cm³/mol. The fraction of sp³-hybridized carbons (Fsp3) is 0.389. The molecular weight excluding hydrogens is 352 g/mol. The molecule has 2 unspecified atom stereocenters. The molecule has 1 fully saturated rings. The number of morpholine rings is 1. The fourth-order valence-electron chi connectivity index (χ4n) is 2.83. The Bertz CT molecular complexity index is 769. The number of non-ortho nitro benzene ring substituents is 1. The maximum Gasteiger partial charge on any atom is 0.269 e. The predicted octanol–water partition coefficient (Wildman–Crippen LogP) is 3.52. The Kier molecular flexibility index (Phi) is 5.75. The SMILES string of the molecule is CC1CN(Sc2ccc([N+](=O)[O-])cc2)CC(c2ccnc(N(C)C)c2)O1. The van der Waals surface area contributed by atoms with Gasteiger partial charge >= 0.3 is 0 Å². The molecule has 0 N–H and O–H groups in total. The lowest BCUT2D eigenvalue weighted by atomic mass is 10.1. The molecule has 0 aliphatic carbocycles. The average molecular weight is 374 g/mol. The van der Waals surface area contributed by atoms with Crippen LogP contribution in [-0.2, 0) is 4.74 Å². The summed E-state index contributed by atoms with van der Waals surface area (Å²) in [6.07, 6.45) is 1.86. The monoisotopic (exact) mass is 374 g/mol. The summed E-state index contributed by atoms with van der Waals surface area (Å²) in [5, 5.41) is 10.8. The summed E-state index contributed by atoms with van der Waals surface area (Å²) < 4.78 is 8.38. The van der Waals surface area contributed by atoms with Crippen molar-refractivity contribution in [1.29, 1.82) is 0 Å². The van der Waals surface area contributed by atoms with E-state index in [4.69, 9.17) is 4.74 Å². The summed E-state index contributed by atoms with van der Waals surface area (Å²) in [4.78, 5) is 17.7. The van der Waals surface area contributed by atoms with Crippen LogP contribution in [0.5, 0.6) is 0 Å². The molecule has 2 aromatic rings. The summed E-state index contributed by atoms with van der Waals surface area (Å²) in [6, 6.07) is 10.7.